The average molecular weight is 294 g/mol. The molecule has 1 N–H and O–H groups in total. The summed E-state index contributed by atoms with van der Waals surface area (Å²) in [6.07, 6.45) is 4.88. The summed E-state index contributed by atoms with van der Waals surface area (Å²) < 4.78 is 10.5. The Morgan fingerprint density at radius 1 is 1.14 bits per heavy atom. The molecule has 120 valence electrons. The predicted octanol–water partition coefficient (Wildman–Crippen LogP) is 4.90. The van der Waals surface area contributed by atoms with E-state index >= 15 is 0 Å². The molecule has 1 atom stereocenters. The fourth-order valence-corrected chi connectivity index (χ4v) is 2.93. The third-order valence-electron chi connectivity index (χ3n) is 4.17. The van der Waals surface area contributed by atoms with Crippen molar-refractivity contribution in [2.45, 2.75) is 58.8 Å². The van der Waals surface area contributed by atoms with Crippen molar-refractivity contribution in [3.63, 3.8) is 0 Å². The van der Waals surface area contributed by atoms with Crippen LogP contribution in [-0.4, -0.2) is 19.3 Å². The Kier molecular flexibility index (Phi) is 6.38. The molecule has 0 heterocycles. The lowest BCUT2D eigenvalue weighted by atomic mass is 9.76. The first-order valence-electron chi connectivity index (χ1n) is 7.81. The number of aromatic hydroxyl groups is 1. The lowest BCUT2D eigenvalue weighted by molar-refractivity contribution is 0.329. The van der Waals surface area contributed by atoms with Gasteiger partial charge in [-0.3, -0.25) is 0 Å². The fraction of sp³-hybridized carbons (Fsp3) is 0.667. The van der Waals surface area contributed by atoms with Gasteiger partial charge in [0.1, 0.15) is 0 Å². The first kappa shape index (κ1) is 17.7. The number of hydrogen-bond acceptors (Lipinski definition) is 3. The van der Waals surface area contributed by atoms with Gasteiger partial charge < -0.3 is 14.6 Å². The molecule has 0 aromatic heterocycles. The van der Waals surface area contributed by atoms with Crippen molar-refractivity contribution in [3.8, 4) is 17.2 Å². The van der Waals surface area contributed by atoms with Gasteiger partial charge in [0, 0.05) is 0 Å². The van der Waals surface area contributed by atoms with Crippen LogP contribution in [0.5, 0.6) is 17.2 Å². The maximum absolute atomic E-state index is 10.0. The summed E-state index contributed by atoms with van der Waals surface area (Å²) in [5.41, 5.74) is 1.15. The van der Waals surface area contributed by atoms with E-state index in [1.165, 1.54) is 19.3 Å². The average Bonchev–Trinajstić information content (AvgIpc) is 2.44. The topological polar surface area (TPSA) is 38.7 Å². The van der Waals surface area contributed by atoms with E-state index in [0.29, 0.717) is 17.4 Å². The number of ether oxygens (including phenoxy) is 2. The molecule has 0 saturated heterocycles. The number of phenolic OH excluding ortho intramolecular Hbond substituents is 1. The van der Waals surface area contributed by atoms with Gasteiger partial charge in [-0.05, 0) is 35.4 Å². The van der Waals surface area contributed by atoms with Crippen molar-refractivity contribution in [1.29, 1.82) is 0 Å². The lowest BCUT2D eigenvalue weighted by Gasteiger charge is -2.29. The Morgan fingerprint density at radius 3 is 2.10 bits per heavy atom. The molecule has 21 heavy (non-hydrogen) atoms. The van der Waals surface area contributed by atoms with Crippen molar-refractivity contribution in [2.75, 3.05) is 14.2 Å². The number of phenols is 1. The molecule has 3 heteroatoms. The molecule has 3 nitrogen and oxygen atoms in total. The summed E-state index contributed by atoms with van der Waals surface area (Å²) in [6.45, 7) is 9.02. The first-order valence-corrected chi connectivity index (χ1v) is 7.81. The van der Waals surface area contributed by atoms with Gasteiger partial charge >= 0.3 is 0 Å². The maximum Gasteiger partial charge on any atom is 0.200 e. The molecule has 0 aliphatic rings. The molecule has 1 aromatic rings. The second-order valence-corrected chi connectivity index (χ2v) is 6.56. The van der Waals surface area contributed by atoms with Gasteiger partial charge in [0.15, 0.2) is 11.5 Å². The van der Waals surface area contributed by atoms with Crippen molar-refractivity contribution in [3.05, 3.63) is 17.7 Å². The smallest absolute Gasteiger partial charge is 0.200 e. The van der Waals surface area contributed by atoms with Gasteiger partial charge in [0.25, 0.3) is 0 Å². The largest absolute Gasteiger partial charge is 0.502 e. The van der Waals surface area contributed by atoms with E-state index in [1.807, 2.05) is 12.1 Å². The van der Waals surface area contributed by atoms with Crippen LogP contribution in [-0.2, 0) is 5.41 Å². The molecule has 1 aromatic carbocycles. The summed E-state index contributed by atoms with van der Waals surface area (Å²) in [4.78, 5) is 0. The van der Waals surface area contributed by atoms with Crippen LogP contribution in [0.1, 0.15) is 58.9 Å². The van der Waals surface area contributed by atoms with Crippen LogP contribution in [0.2, 0.25) is 0 Å². The highest BCUT2D eigenvalue weighted by Crippen LogP contribution is 2.42. The molecule has 1 rings (SSSR count). The third-order valence-corrected chi connectivity index (χ3v) is 4.17. The Bertz CT molecular complexity index is 427. The Morgan fingerprint density at radius 2 is 1.67 bits per heavy atom. The van der Waals surface area contributed by atoms with E-state index in [9.17, 15) is 5.11 Å². The van der Waals surface area contributed by atoms with Crippen LogP contribution in [0.15, 0.2) is 12.1 Å². The summed E-state index contributed by atoms with van der Waals surface area (Å²) in [5.74, 6) is 1.68. The number of methoxy groups -OCH3 is 2. The van der Waals surface area contributed by atoms with E-state index in [-0.39, 0.29) is 11.2 Å². The fourth-order valence-electron chi connectivity index (χ4n) is 2.93. The van der Waals surface area contributed by atoms with Crippen molar-refractivity contribution in [2.24, 2.45) is 5.92 Å². The predicted molar refractivity (Wildman–Crippen MR) is 87.5 cm³/mol. The molecule has 1 unspecified atom stereocenters. The quantitative estimate of drug-likeness (QED) is 0.741. The minimum atomic E-state index is 0.0153. The Hall–Kier alpha value is -1.38. The second kappa shape index (κ2) is 7.58. The monoisotopic (exact) mass is 294 g/mol. The number of rotatable bonds is 8. The van der Waals surface area contributed by atoms with Crippen molar-refractivity contribution < 1.29 is 14.6 Å². The second-order valence-electron chi connectivity index (χ2n) is 6.56. The van der Waals surface area contributed by atoms with E-state index in [0.717, 1.165) is 12.0 Å². The minimum absolute atomic E-state index is 0.0153. The molecule has 0 aliphatic carbocycles. The molecular weight excluding hydrogens is 264 g/mol. The highest BCUT2D eigenvalue weighted by molar-refractivity contribution is 5.54. The van der Waals surface area contributed by atoms with Crippen LogP contribution in [0.3, 0.4) is 0 Å². The number of unbranched alkanes of at least 4 members (excludes halogenated alkanes) is 1. The first-order chi connectivity index (χ1) is 9.85. The minimum Gasteiger partial charge on any atom is -0.502 e. The zero-order valence-electron chi connectivity index (χ0n) is 14.3. The summed E-state index contributed by atoms with van der Waals surface area (Å²) in [6, 6.07) is 3.84. The Labute approximate surface area is 129 Å². The van der Waals surface area contributed by atoms with Gasteiger partial charge in [0.05, 0.1) is 14.2 Å². The van der Waals surface area contributed by atoms with Crippen LogP contribution < -0.4 is 9.47 Å². The van der Waals surface area contributed by atoms with Gasteiger partial charge in [-0.25, -0.2) is 0 Å². The summed E-state index contributed by atoms with van der Waals surface area (Å²) in [7, 11) is 3.13. The van der Waals surface area contributed by atoms with Gasteiger partial charge in [-0.15, -0.1) is 0 Å². The standard InChI is InChI=1S/C18H30O3/c1-7-8-9-13(2)12-18(3,4)14-10-15(20-5)17(19)16(11-14)21-6/h10-11,13,19H,7-9,12H2,1-6H3. The SMILES string of the molecule is CCCCC(C)CC(C)(C)c1cc(OC)c(O)c(OC)c1. The van der Waals surface area contributed by atoms with Crippen LogP contribution in [0.25, 0.3) is 0 Å². The van der Waals surface area contributed by atoms with Crippen LogP contribution in [0, 0.1) is 5.92 Å². The molecule has 0 spiro atoms. The zero-order chi connectivity index (χ0) is 16.0. The highest BCUT2D eigenvalue weighted by Gasteiger charge is 2.26. The van der Waals surface area contributed by atoms with E-state index in [1.54, 1.807) is 14.2 Å². The number of benzene rings is 1. The zero-order valence-corrected chi connectivity index (χ0v) is 14.3. The van der Waals surface area contributed by atoms with Crippen LogP contribution in [0.4, 0.5) is 0 Å². The Balaban J connectivity index is 3.01. The van der Waals surface area contributed by atoms with Crippen LogP contribution >= 0.6 is 0 Å². The van der Waals surface area contributed by atoms with E-state index in [4.69, 9.17) is 9.47 Å². The molecule has 0 aliphatic heterocycles. The van der Waals surface area contributed by atoms with Crippen molar-refractivity contribution in [1.82, 2.24) is 0 Å². The molecule has 0 saturated carbocycles. The normalized spacial score (nSPS) is 13.0. The number of hydrogen-bond donors (Lipinski definition) is 1. The molecule has 0 bridgehead atoms. The molecule has 0 fully saturated rings. The van der Waals surface area contributed by atoms with Gasteiger partial charge in [-0.2, -0.15) is 0 Å². The summed E-state index contributed by atoms with van der Waals surface area (Å²) >= 11 is 0. The van der Waals surface area contributed by atoms with E-state index in [2.05, 4.69) is 27.7 Å². The molecule has 0 amide bonds. The van der Waals surface area contributed by atoms with Gasteiger partial charge in [0.2, 0.25) is 5.75 Å². The lowest BCUT2D eigenvalue weighted by Crippen LogP contribution is -2.21. The van der Waals surface area contributed by atoms with E-state index < -0.39 is 0 Å². The van der Waals surface area contributed by atoms with Gasteiger partial charge in [-0.1, -0.05) is 47.0 Å². The molecule has 0 radical (unpaired) electrons. The molecular formula is C18H30O3. The van der Waals surface area contributed by atoms with Crippen molar-refractivity contribution >= 4 is 0 Å². The third kappa shape index (κ3) is 4.55. The maximum atomic E-state index is 10.0. The highest BCUT2D eigenvalue weighted by atomic mass is 16.5. The summed E-state index contributed by atoms with van der Waals surface area (Å²) in [5, 5.41) is 10.0.